The minimum Gasteiger partial charge on any atom is -0.507 e. The van der Waals surface area contributed by atoms with Crippen molar-refractivity contribution < 1.29 is 24.2 Å². The van der Waals surface area contributed by atoms with Gasteiger partial charge in [-0.15, -0.1) is 0 Å². The Morgan fingerprint density at radius 3 is 2.82 bits per heavy atom. The molecule has 1 aromatic heterocycles. The van der Waals surface area contributed by atoms with Gasteiger partial charge in [-0.3, -0.25) is 4.98 Å². The van der Waals surface area contributed by atoms with E-state index in [1.54, 1.807) is 30.2 Å². The minimum absolute atomic E-state index is 0.0742. The Balaban J connectivity index is 2.12. The third-order valence-electron chi connectivity index (χ3n) is 2.87. The summed E-state index contributed by atoms with van der Waals surface area (Å²) in [5.74, 6) is 1.40. The van der Waals surface area contributed by atoms with Gasteiger partial charge in [0.15, 0.2) is 0 Å². The van der Waals surface area contributed by atoms with Crippen LogP contribution in [0.1, 0.15) is 21.6 Å². The fourth-order valence-electron chi connectivity index (χ4n) is 1.76. The number of hydrogen-bond donors (Lipinski definition) is 1. The average Bonchev–Trinajstić information content (AvgIpc) is 2.55. The maximum atomic E-state index is 11.3. The highest BCUT2D eigenvalue weighted by Crippen LogP contribution is 2.28. The van der Waals surface area contributed by atoms with Crippen molar-refractivity contribution in [3.63, 3.8) is 0 Å². The van der Waals surface area contributed by atoms with Crippen LogP contribution in [0.25, 0.3) is 6.08 Å². The zero-order valence-electron chi connectivity index (χ0n) is 11.8. The number of methoxy groups -OCH3 is 1. The summed E-state index contributed by atoms with van der Waals surface area (Å²) in [5, 5.41) is 9.69. The van der Waals surface area contributed by atoms with Crippen LogP contribution in [-0.4, -0.2) is 29.1 Å². The zero-order valence-corrected chi connectivity index (χ0v) is 11.8. The number of carbonyl (C=O) groups excluding carboxylic acids is 2. The summed E-state index contributed by atoms with van der Waals surface area (Å²) in [6.45, 7) is 0.116. The summed E-state index contributed by atoms with van der Waals surface area (Å²) in [6, 6.07) is 7.86. The monoisotopic (exact) mass is 299 g/mol. The molecule has 2 rings (SSSR count). The smallest absolute Gasteiger partial charge is 0.339 e. The van der Waals surface area contributed by atoms with E-state index in [9.17, 15) is 14.7 Å². The molecular formula is C16H13NO5. The van der Waals surface area contributed by atoms with Crippen LogP contribution in [0.3, 0.4) is 0 Å². The standard InChI is InChI=1S/C16H13NO5/c1-21-16(20)11-5-6-12(17-9-11)10-22-15-4-2-3-14(19)13(15)7-8-18/h2-7,9,19H,10H2,1H3. The highest BCUT2D eigenvalue weighted by molar-refractivity contribution is 5.88. The van der Waals surface area contributed by atoms with Crippen molar-refractivity contribution >= 4 is 18.0 Å². The number of carbonyl (C=O) groups is 1. The van der Waals surface area contributed by atoms with Crippen molar-refractivity contribution in [2.24, 2.45) is 0 Å². The van der Waals surface area contributed by atoms with Gasteiger partial charge in [0.2, 0.25) is 0 Å². The van der Waals surface area contributed by atoms with Gasteiger partial charge in [-0.2, -0.15) is 0 Å². The third kappa shape index (κ3) is 3.50. The fraction of sp³-hybridized carbons (Fsp3) is 0.125. The van der Waals surface area contributed by atoms with E-state index in [1.807, 2.05) is 0 Å². The molecule has 1 heterocycles. The Morgan fingerprint density at radius 1 is 1.36 bits per heavy atom. The second-order valence-electron chi connectivity index (χ2n) is 4.27. The van der Waals surface area contributed by atoms with Crippen molar-refractivity contribution in [2.75, 3.05) is 7.11 Å². The largest absolute Gasteiger partial charge is 0.507 e. The van der Waals surface area contributed by atoms with Crippen LogP contribution >= 0.6 is 0 Å². The molecule has 0 fully saturated rings. The van der Waals surface area contributed by atoms with E-state index in [4.69, 9.17) is 4.74 Å². The third-order valence-corrected chi connectivity index (χ3v) is 2.87. The highest BCUT2D eigenvalue weighted by Gasteiger charge is 2.08. The molecule has 112 valence electrons. The van der Waals surface area contributed by atoms with Gasteiger partial charge in [0.05, 0.1) is 23.9 Å². The Kier molecular flexibility index (Phi) is 4.90. The molecule has 22 heavy (non-hydrogen) atoms. The number of esters is 1. The first-order valence-corrected chi connectivity index (χ1v) is 6.34. The van der Waals surface area contributed by atoms with Gasteiger partial charge in [-0.1, -0.05) is 6.07 Å². The van der Waals surface area contributed by atoms with E-state index >= 15 is 0 Å². The molecule has 0 aliphatic heterocycles. The van der Waals surface area contributed by atoms with E-state index in [2.05, 4.69) is 9.72 Å². The molecule has 0 unspecified atom stereocenters. The van der Waals surface area contributed by atoms with E-state index in [-0.39, 0.29) is 17.9 Å². The van der Waals surface area contributed by atoms with Crippen LogP contribution in [0.5, 0.6) is 11.5 Å². The molecule has 0 bridgehead atoms. The molecule has 0 saturated carbocycles. The minimum atomic E-state index is -0.466. The number of phenols is 1. The molecule has 1 N–H and O–H groups in total. The Morgan fingerprint density at radius 2 is 2.18 bits per heavy atom. The molecular weight excluding hydrogens is 286 g/mol. The van der Waals surface area contributed by atoms with Gasteiger partial charge >= 0.3 is 5.97 Å². The van der Waals surface area contributed by atoms with E-state index in [1.165, 1.54) is 19.4 Å². The second kappa shape index (κ2) is 7.06. The topological polar surface area (TPSA) is 85.7 Å². The molecule has 1 aromatic carbocycles. The lowest BCUT2D eigenvalue weighted by atomic mass is 10.2. The molecule has 0 amide bonds. The lowest BCUT2D eigenvalue weighted by Gasteiger charge is -2.09. The molecule has 2 aromatic rings. The number of phenolic OH excluding ortho intramolecular Hbond substituents is 1. The number of ether oxygens (including phenoxy) is 2. The summed E-state index contributed by atoms with van der Waals surface area (Å²) in [5.41, 5.74) is 1.17. The quantitative estimate of drug-likeness (QED) is 0.671. The highest BCUT2D eigenvalue weighted by atomic mass is 16.5. The van der Waals surface area contributed by atoms with E-state index in [0.29, 0.717) is 17.0 Å². The number of benzene rings is 1. The molecule has 6 nitrogen and oxygen atoms in total. The summed E-state index contributed by atoms with van der Waals surface area (Å²) < 4.78 is 10.1. The summed E-state index contributed by atoms with van der Waals surface area (Å²) in [4.78, 5) is 25.9. The number of pyridine rings is 1. The van der Waals surface area contributed by atoms with Crippen molar-refractivity contribution in [3.8, 4) is 11.5 Å². The summed E-state index contributed by atoms with van der Waals surface area (Å²) in [7, 11) is 1.29. The van der Waals surface area contributed by atoms with Crippen LogP contribution in [0.2, 0.25) is 0 Å². The van der Waals surface area contributed by atoms with Gasteiger partial charge in [-0.25, -0.2) is 9.59 Å². The van der Waals surface area contributed by atoms with Gasteiger partial charge in [0.25, 0.3) is 0 Å². The van der Waals surface area contributed by atoms with Crippen LogP contribution in [0.15, 0.2) is 36.5 Å². The van der Waals surface area contributed by atoms with Crippen molar-refractivity contribution in [3.05, 3.63) is 53.3 Å². The number of aromatic hydroxyl groups is 1. The van der Waals surface area contributed by atoms with Crippen LogP contribution in [0.4, 0.5) is 0 Å². The predicted octanol–water partition coefficient (Wildman–Crippen LogP) is 2.00. The van der Waals surface area contributed by atoms with Gasteiger partial charge in [0.1, 0.15) is 24.0 Å². The van der Waals surface area contributed by atoms with Crippen molar-refractivity contribution in [1.82, 2.24) is 4.98 Å². The summed E-state index contributed by atoms with van der Waals surface area (Å²) >= 11 is 0. The molecule has 0 spiro atoms. The first-order valence-electron chi connectivity index (χ1n) is 6.34. The molecule has 0 saturated heterocycles. The number of hydrogen-bond acceptors (Lipinski definition) is 6. The number of aromatic nitrogens is 1. The number of rotatable bonds is 5. The molecule has 6 heteroatoms. The number of nitrogens with zero attached hydrogens (tertiary/aromatic N) is 1. The first-order chi connectivity index (χ1) is 10.7. The van der Waals surface area contributed by atoms with Crippen molar-refractivity contribution in [2.45, 2.75) is 6.61 Å². The molecule has 0 aliphatic rings. The van der Waals surface area contributed by atoms with Gasteiger partial charge in [0, 0.05) is 12.3 Å². The zero-order chi connectivity index (χ0) is 15.9. The first kappa shape index (κ1) is 15.3. The summed E-state index contributed by atoms with van der Waals surface area (Å²) in [6.07, 6.45) is 2.48. The van der Waals surface area contributed by atoms with E-state index < -0.39 is 5.97 Å². The molecule has 0 radical (unpaired) electrons. The fourth-order valence-corrected chi connectivity index (χ4v) is 1.76. The maximum Gasteiger partial charge on any atom is 0.339 e. The van der Waals surface area contributed by atoms with Gasteiger partial charge in [-0.05, 0) is 24.3 Å². The Bertz CT molecular complexity index is 718. The molecule has 0 aliphatic carbocycles. The predicted molar refractivity (Wildman–Crippen MR) is 78.2 cm³/mol. The SMILES string of the molecule is COC(=O)c1ccc(COc2cccc(O)c2C=C=O)nc1. The normalized spacial score (nSPS) is 9.68. The average molecular weight is 299 g/mol. The Labute approximate surface area is 126 Å². The maximum absolute atomic E-state index is 11.3. The van der Waals surface area contributed by atoms with Crippen LogP contribution in [0, 0.1) is 0 Å². The lowest BCUT2D eigenvalue weighted by molar-refractivity contribution is 0.0600. The Hall–Kier alpha value is -3.11. The molecule has 0 atom stereocenters. The van der Waals surface area contributed by atoms with Crippen LogP contribution in [-0.2, 0) is 16.1 Å². The van der Waals surface area contributed by atoms with Crippen molar-refractivity contribution in [1.29, 1.82) is 0 Å². The second-order valence-corrected chi connectivity index (χ2v) is 4.27. The van der Waals surface area contributed by atoms with Crippen LogP contribution < -0.4 is 4.74 Å². The van der Waals surface area contributed by atoms with Gasteiger partial charge < -0.3 is 14.6 Å². The lowest BCUT2D eigenvalue weighted by Crippen LogP contribution is -2.04. The van der Waals surface area contributed by atoms with E-state index in [0.717, 1.165) is 6.08 Å².